The van der Waals surface area contributed by atoms with Crippen molar-refractivity contribution in [3.05, 3.63) is 11.6 Å². The number of allylic oxidation sites excluding steroid dienone is 1. The average Bonchev–Trinajstić information content (AvgIpc) is 3.46. The van der Waals surface area contributed by atoms with Gasteiger partial charge in [0.1, 0.15) is 6.10 Å². The number of nitrogens with two attached hydrogens (primary N) is 2. The van der Waals surface area contributed by atoms with Gasteiger partial charge in [0.15, 0.2) is 0 Å². The first-order chi connectivity index (χ1) is 25.2. The molecule has 322 valence electrons. The van der Waals surface area contributed by atoms with Gasteiger partial charge in [0, 0.05) is 44.4 Å². The molecule has 3 saturated carbocycles. The van der Waals surface area contributed by atoms with Gasteiger partial charge in [0.25, 0.3) is 0 Å². The quantitative estimate of drug-likeness (QED) is 0.0644. The molecule has 0 saturated heterocycles. The smallest absolute Gasteiger partial charge is 0.306 e. The molecule has 4 aliphatic carbocycles. The Balaban J connectivity index is 0.00000523. The van der Waals surface area contributed by atoms with E-state index in [4.69, 9.17) is 16.2 Å². The molecule has 0 aromatic rings. The van der Waals surface area contributed by atoms with Crippen LogP contribution in [0.15, 0.2) is 11.6 Å². The summed E-state index contributed by atoms with van der Waals surface area (Å²) in [5.74, 6) is 5.84. The number of nitrogens with zero attached hydrogens (tertiary/aromatic N) is 1. The van der Waals surface area contributed by atoms with E-state index in [0.717, 1.165) is 92.9 Å². The van der Waals surface area contributed by atoms with Gasteiger partial charge in [-0.25, -0.2) is 0 Å². The minimum atomic E-state index is -0.132. The van der Waals surface area contributed by atoms with Crippen molar-refractivity contribution in [2.75, 3.05) is 13.1 Å². The SMILES string of the molecule is CC[C@H](CC[C@@H](C)[C@H]1CC[C@H]2[C@@H]3CC=C4C[C@@H](OC(=O)CCCC(=O)N(CCCCCCCC(C)N)CCC(C)N)CC[C@]4(C)[C@H]3CC[C@]12C)C(C)C.Cl.Cl. The average molecular weight is 813 g/mol. The maximum atomic E-state index is 13.2. The third-order valence-electron chi connectivity index (χ3n) is 15.6. The van der Waals surface area contributed by atoms with Gasteiger partial charge in [-0.1, -0.05) is 91.7 Å². The lowest BCUT2D eigenvalue weighted by molar-refractivity contribution is -0.151. The number of unbranched alkanes of at least 4 members (excludes halogenated alkanes) is 4. The van der Waals surface area contributed by atoms with E-state index in [9.17, 15) is 9.59 Å². The van der Waals surface area contributed by atoms with E-state index in [1.54, 1.807) is 5.57 Å². The molecular formula is C47H87Cl2N3O3. The second-order valence-corrected chi connectivity index (χ2v) is 19.8. The number of carbonyl (C=O) groups excluding carboxylic acids is 2. The molecule has 0 aromatic carbocycles. The number of ether oxygens (including phenoxy) is 1. The fraction of sp³-hybridized carbons (Fsp3) is 0.915. The molecule has 2 unspecified atom stereocenters. The van der Waals surface area contributed by atoms with Gasteiger partial charge < -0.3 is 21.1 Å². The zero-order valence-corrected chi connectivity index (χ0v) is 38.4. The van der Waals surface area contributed by atoms with E-state index in [1.807, 2.05) is 11.8 Å². The summed E-state index contributed by atoms with van der Waals surface area (Å²) < 4.78 is 6.13. The molecule has 8 heteroatoms. The van der Waals surface area contributed by atoms with Gasteiger partial charge in [-0.2, -0.15) is 0 Å². The first-order valence-corrected chi connectivity index (χ1v) is 22.9. The van der Waals surface area contributed by atoms with Crippen LogP contribution in [0.3, 0.4) is 0 Å². The van der Waals surface area contributed by atoms with Gasteiger partial charge in [0.05, 0.1) is 0 Å². The number of rotatable bonds is 22. The maximum Gasteiger partial charge on any atom is 0.306 e. The number of carbonyl (C=O) groups is 2. The molecule has 0 radical (unpaired) electrons. The van der Waals surface area contributed by atoms with Crippen molar-refractivity contribution in [2.24, 2.45) is 63.7 Å². The highest BCUT2D eigenvalue weighted by molar-refractivity contribution is 5.85. The summed E-state index contributed by atoms with van der Waals surface area (Å²) in [6.07, 6.45) is 25.4. The summed E-state index contributed by atoms with van der Waals surface area (Å²) >= 11 is 0. The molecular weight excluding hydrogens is 725 g/mol. The topological polar surface area (TPSA) is 98.7 Å². The highest BCUT2D eigenvalue weighted by Gasteiger charge is 2.59. The largest absolute Gasteiger partial charge is 0.462 e. The molecule has 1 amide bonds. The monoisotopic (exact) mass is 812 g/mol. The fourth-order valence-electron chi connectivity index (χ4n) is 12.2. The number of halogens is 2. The molecule has 55 heavy (non-hydrogen) atoms. The van der Waals surface area contributed by atoms with Crippen LogP contribution in [0.1, 0.15) is 190 Å². The number of amides is 1. The van der Waals surface area contributed by atoms with Crippen LogP contribution in [0.25, 0.3) is 0 Å². The molecule has 0 bridgehead atoms. The Morgan fingerprint density at radius 3 is 2.16 bits per heavy atom. The number of fused-ring (bicyclic) bond motifs is 5. The summed E-state index contributed by atoms with van der Waals surface area (Å²) in [4.78, 5) is 28.3. The second-order valence-electron chi connectivity index (χ2n) is 19.8. The van der Waals surface area contributed by atoms with Crippen LogP contribution in [-0.4, -0.2) is 48.1 Å². The van der Waals surface area contributed by atoms with Crippen molar-refractivity contribution in [2.45, 2.75) is 208 Å². The van der Waals surface area contributed by atoms with Gasteiger partial charge in [-0.15, -0.1) is 24.8 Å². The van der Waals surface area contributed by atoms with Crippen molar-refractivity contribution in [3.8, 4) is 0 Å². The molecule has 4 aliphatic rings. The van der Waals surface area contributed by atoms with Gasteiger partial charge >= 0.3 is 5.97 Å². The predicted octanol–water partition coefficient (Wildman–Crippen LogP) is 11.8. The number of esters is 1. The third kappa shape index (κ3) is 13.6. The van der Waals surface area contributed by atoms with E-state index in [0.29, 0.717) is 31.2 Å². The van der Waals surface area contributed by atoms with E-state index in [1.165, 1.54) is 70.6 Å². The second kappa shape index (κ2) is 23.7. The summed E-state index contributed by atoms with van der Waals surface area (Å²) in [6.45, 7) is 20.6. The standard InChI is InChI=1S/C47H85N3O3.2ClH/c1-9-37(33(2)3)20-19-34(4)41-23-24-42-40-22-21-38-32-39(25-28-46(38,7)43(40)26-29-47(41,42)8)53-45(52)18-15-17-44(51)50(31-27-36(6)49)30-14-12-10-11-13-16-35(5)48;;/h21,33-37,39-43H,9-20,22-32,48-49H2,1-8H3;2*1H/t34-,35?,36?,37-,39+,40+,41-,42+,43+,46+,47-;;/m1../s1. The fourth-order valence-corrected chi connectivity index (χ4v) is 12.2. The van der Waals surface area contributed by atoms with Crippen LogP contribution in [-0.2, 0) is 14.3 Å². The van der Waals surface area contributed by atoms with Crippen LogP contribution in [0, 0.1) is 52.3 Å². The molecule has 3 fully saturated rings. The highest BCUT2D eigenvalue weighted by atomic mass is 35.5. The number of hydrogen-bond acceptors (Lipinski definition) is 5. The summed E-state index contributed by atoms with van der Waals surface area (Å²) in [5.41, 5.74) is 14.2. The minimum absolute atomic E-state index is 0. The molecule has 0 aliphatic heterocycles. The van der Waals surface area contributed by atoms with Crippen molar-refractivity contribution in [1.29, 1.82) is 0 Å². The Bertz CT molecular complexity index is 1180. The van der Waals surface area contributed by atoms with Crippen molar-refractivity contribution in [1.82, 2.24) is 4.90 Å². The molecule has 0 heterocycles. The van der Waals surface area contributed by atoms with Gasteiger partial charge in [0.2, 0.25) is 5.91 Å². The van der Waals surface area contributed by atoms with E-state index < -0.39 is 0 Å². The first kappa shape index (κ1) is 50.3. The normalized spacial score (nSPS) is 30.7. The molecule has 6 nitrogen and oxygen atoms in total. The zero-order chi connectivity index (χ0) is 38.8. The van der Waals surface area contributed by atoms with E-state index >= 15 is 0 Å². The lowest BCUT2D eigenvalue weighted by atomic mass is 9.47. The van der Waals surface area contributed by atoms with Crippen LogP contribution in [0.2, 0.25) is 0 Å². The Morgan fingerprint density at radius 2 is 1.49 bits per heavy atom. The summed E-state index contributed by atoms with van der Waals surface area (Å²) in [6, 6.07) is 0.349. The van der Waals surface area contributed by atoms with Crippen molar-refractivity contribution >= 4 is 36.7 Å². The Kier molecular flexibility index (Phi) is 21.7. The summed E-state index contributed by atoms with van der Waals surface area (Å²) in [7, 11) is 0. The van der Waals surface area contributed by atoms with Crippen LogP contribution >= 0.6 is 24.8 Å². The third-order valence-corrected chi connectivity index (χ3v) is 15.6. The molecule has 0 spiro atoms. The molecule has 11 atom stereocenters. The van der Waals surface area contributed by atoms with Crippen LogP contribution < -0.4 is 11.5 Å². The Hall–Kier alpha value is -0.820. The Morgan fingerprint density at radius 1 is 0.800 bits per heavy atom. The van der Waals surface area contributed by atoms with Gasteiger partial charge in [-0.05, 0) is 143 Å². The zero-order valence-electron chi connectivity index (χ0n) is 36.8. The first-order valence-electron chi connectivity index (χ1n) is 22.9. The minimum Gasteiger partial charge on any atom is -0.462 e. The van der Waals surface area contributed by atoms with E-state index in [-0.39, 0.29) is 60.3 Å². The molecule has 4 N–H and O–H groups in total. The van der Waals surface area contributed by atoms with E-state index in [2.05, 4.69) is 54.5 Å². The molecule has 0 aromatic heterocycles. The van der Waals surface area contributed by atoms with Crippen LogP contribution in [0.5, 0.6) is 0 Å². The highest BCUT2D eigenvalue weighted by Crippen LogP contribution is 2.67. The van der Waals surface area contributed by atoms with Crippen molar-refractivity contribution < 1.29 is 14.3 Å². The van der Waals surface area contributed by atoms with Gasteiger partial charge in [-0.3, -0.25) is 9.59 Å². The maximum absolute atomic E-state index is 13.2. The number of hydrogen-bond donors (Lipinski definition) is 2. The Labute approximate surface area is 351 Å². The molecule has 4 rings (SSSR count). The lowest BCUT2D eigenvalue weighted by Gasteiger charge is -2.58. The van der Waals surface area contributed by atoms with Crippen LogP contribution in [0.4, 0.5) is 0 Å². The van der Waals surface area contributed by atoms with Crippen molar-refractivity contribution in [3.63, 3.8) is 0 Å². The lowest BCUT2D eigenvalue weighted by Crippen LogP contribution is -2.51. The predicted molar refractivity (Wildman–Crippen MR) is 237 cm³/mol. The summed E-state index contributed by atoms with van der Waals surface area (Å²) in [5, 5.41) is 0.